The number of ether oxygens (including phenoxy) is 1. The Balaban J connectivity index is 1.92. The number of benzene rings is 1. The monoisotopic (exact) mass is 287 g/mol. The molecule has 0 aliphatic rings. The fraction of sp³-hybridized carbons (Fsp3) is 0.375. The molecular weight excluding hydrogens is 266 g/mol. The molecule has 0 bridgehead atoms. The topological polar surface area (TPSA) is 56.1 Å². The van der Waals surface area contributed by atoms with Gasteiger partial charge in [0, 0.05) is 30.4 Å². The molecule has 1 heterocycles. The maximum absolute atomic E-state index is 12.0. The minimum absolute atomic E-state index is 0.133. The molecule has 5 nitrogen and oxygen atoms in total. The first-order valence-electron chi connectivity index (χ1n) is 7.07. The first-order chi connectivity index (χ1) is 10.1. The maximum atomic E-state index is 12.0. The minimum Gasteiger partial charge on any atom is -0.368 e. The number of hydrogen-bond acceptors (Lipinski definition) is 3. The predicted octanol–water partition coefficient (Wildman–Crippen LogP) is 2.87. The zero-order chi connectivity index (χ0) is 15.2. The van der Waals surface area contributed by atoms with E-state index in [0.717, 1.165) is 11.4 Å². The first-order valence-corrected chi connectivity index (χ1v) is 7.07. The molecular formula is C16H21N3O2. The summed E-state index contributed by atoms with van der Waals surface area (Å²) in [5.41, 5.74) is 1.75. The third-order valence-corrected chi connectivity index (χ3v) is 2.99. The van der Waals surface area contributed by atoms with Gasteiger partial charge in [-0.25, -0.2) is 4.98 Å². The zero-order valence-corrected chi connectivity index (χ0v) is 12.6. The lowest BCUT2D eigenvalue weighted by Crippen LogP contribution is -2.28. The van der Waals surface area contributed by atoms with Gasteiger partial charge in [-0.05, 0) is 37.1 Å². The van der Waals surface area contributed by atoms with Gasteiger partial charge in [0.2, 0.25) is 0 Å². The molecule has 2 aromatic rings. The Morgan fingerprint density at radius 2 is 2.00 bits per heavy atom. The second-order valence-corrected chi connectivity index (χ2v) is 5.38. The quantitative estimate of drug-likeness (QED) is 0.888. The van der Waals surface area contributed by atoms with Crippen molar-refractivity contribution in [2.75, 3.05) is 11.9 Å². The summed E-state index contributed by atoms with van der Waals surface area (Å²) in [6.07, 6.45) is 4.87. The summed E-state index contributed by atoms with van der Waals surface area (Å²) in [5.74, 6) is 0.278. The molecule has 1 aromatic heterocycles. The lowest BCUT2D eigenvalue weighted by molar-refractivity contribution is -0.126. The number of carbonyl (C=O) groups is 1. The van der Waals surface area contributed by atoms with Gasteiger partial charge in [0.15, 0.2) is 0 Å². The molecule has 0 saturated carbocycles. The van der Waals surface area contributed by atoms with Crippen LogP contribution in [0, 0.1) is 5.92 Å². The number of hydrogen-bond donors (Lipinski definition) is 1. The van der Waals surface area contributed by atoms with Crippen LogP contribution in [0.2, 0.25) is 0 Å². The van der Waals surface area contributed by atoms with Crippen LogP contribution in [0.3, 0.4) is 0 Å². The maximum Gasteiger partial charge on any atom is 0.253 e. The summed E-state index contributed by atoms with van der Waals surface area (Å²) in [5, 5.41) is 2.85. The fourth-order valence-electron chi connectivity index (χ4n) is 1.79. The Labute approximate surface area is 125 Å². The minimum atomic E-state index is -0.458. The molecule has 0 aliphatic heterocycles. The van der Waals surface area contributed by atoms with Crippen molar-refractivity contribution < 1.29 is 9.53 Å². The van der Waals surface area contributed by atoms with E-state index in [1.165, 1.54) is 0 Å². The first kappa shape index (κ1) is 15.3. The summed E-state index contributed by atoms with van der Waals surface area (Å²) in [6.45, 7) is 6.45. The van der Waals surface area contributed by atoms with Crippen LogP contribution >= 0.6 is 0 Å². The van der Waals surface area contributed by atoms with Crippen LogP contribution in [-0.4, -0.2) is 28.2 Å². The lowest BCUT2D eigenvalue weighted by atomic mass is 10.2. The van der Waals surface area contributed by atoms with E-state index in [1.54, 1.807) is 19.4 Å². The van der Waals surface area contributed by atoms with Crippen LogP contribution in [0.15, 0.2) is 43.0 Å². The molecule has 1 unspecified atom stereocenters. The van der Waals surface area contributed by atoms with Crippen molar-refractivity contribution >= 4 is 11.6 Å². The van der Waals surface area contributed by atoms with E-state index < -0.39 is 6.10 Å². The molecule has 1 atom stereocenters. The van der Waals surface area contributed by atoms with Crippen LogP contribution in [-0.2, 0) is 9.53 Å². The summed E-state index contributed by atoms with van der Waals surface area (Å²) < 4.78 is 7.40. The van der Waals surface area contributed by atoms with Gasteiger partial charge < -0.3 is 14.6 Å². The summed E-state index contributed by atoms with van der Waals surface area (Å²) >= 11 is 0. The molecule has 0 aliphatic carbocycles. The molecule has 112 valence electrons. The molecule has 5 heteroatoms. The number of anilines is 1. The van der Waals surface area contributed by atoms with Crippen LogP contribution in [0.25, 0.3) is 5.69 Å². The number of aromatic nitrogens is 2. The molecule has 1 N–H and O–H groups in total. The number of amides is 1. The number of nitrogens with one attached hydrogen (secondary N) is 1. The smallest absolute Gasteiger partial charge is 0.253 e. The second kappa shape index (κ2) is 7.04. The van der Waals surface area contributed by atoms with Crippen molar-refractivity contribution in [3.8, 4) is 5.69 Å². The van der Waals surface area contributed by atoms with Gasteiger partial charge in [0.05, 0.1) is 6.33 Å². The van der Waals surface area contributed by atoms with E-state index >= 15 is 0 Å². The zero-order valence-electron chi connectivity index (χ0n) is 12.6. The molecule has 0 spiro atoms. The fourth-order valence-corrected chi connectivity index (χ4v) is 1.79. The Morgan fingerprint density at radius 3 is 2.57 bits per heavy atom. The molecule has 1 amide bonds. The van der Waals surface area contributed by atoms with Crippen molar-refractivity contribution in [1.29, 1.82) is 0 Å². The normalized spacial score (nSPS) is 12.4. The van der Waals surface area contributed by atoms with Gasteiger partial charge in [-0.1, -0.05) is 13.8 Å². The van der Waals surface area contributed by atoms with Gasteiger partial charge in [0.25, 0.3) is 5.91 Å². The standard InChI is InChI=1S/C16H21N3O2/c1-12(2)10-21-13(3)16(20)18-14-4-6-15(7-5-14)19-9-8-17-11-19/h4-9,11-13H,10H2,1-3H3,(H,18,20). The summed E-state index contributed by atoms with van der Waals surface area (Å²) in [4.78, 5) is 16.0. The largest absolute Gasteiger partial charge is 0.368 e. The van der Waals surface area contributed by atoms with E-state index in [2.05, 4.69) is 24.1 Å². The van der Waals surface area contributed by atoms with Crippen molar-refractivity contribution in [2.45, 2.75) is 26.9 Å². The highest BCUT2D eigenvalue weighted by Gasteiger charge is 2.14. The average Bonchev–Trinajstić information content (AvgIpc) is 2.99. The highest BCUT2D eigenvalue weighted by molar-refractivity contribution is 5.93. The van der Waals surface area contributed by atoms with E-state index in [-0.39, 0.29) is 5.91 Å². The molecule has 21 heavy (non-hydrogen) atoms. The number of carbonyl (C=O) groups excluding carboxylic acids is 1. The Morgan fingerprint density at radius 1 is 1.29 bits per heavy atom. The molecule has 0 saturated heterocycles. The Kier molecular flexibility index (Phi) is 5.11. The molecule has 1 aromatic carbocycles. The predicted molar refractivity (Wildman–Crippen MR) is 82.4 cm³/mol. The summed E-state index contributed by atoms with van der Waals surface area (Å²) in [7, 11) is 0. The third-order valence-electron chi connectivity index (χ3n) is 2.99. The van der Waals surface area contributed by atoms with Crippen molar-refractivity contribution in [1.82, 2.24) is 9.55 Å². The molecule has 2 rings (SSSR count). The van der Waals surface area contributed by atoms with E-state index in [9.17, 15) is 4.79 Å². The van der Waals surface area contributed by atoms with Gasteiger partial charge >= 0.3 is 0 Å². The molecule has 0 fully saturated rings. The van der Waals surface area contributed by atoms with Crippen molar-refractivity contribution in [3.63, 3.8) is 0 Å². The van der Waals surface area contributed by atoms with Crippen LogP contribution in [0.4, 0.5) is 5.69 Å². The van der Waals surface area contributed by atoms with Gasteiger partial charge in [0.1, 0.15) is 6.10 Å². The van der Waals surface area contributed by atoms with E-state index in [0.29, 0.717) is 12.5 Å². The Bertz CT molecular complexity index is 562. The van der Waals surface area contributed by atoms with Gasteiger partial charge in [-0.3, -0.25) is 4.79 Å². The highest BCUT2D eigenvalue weighted by Crippen LogP contribution is 2.13. The summed E-state index contributed by atoms with van der Waals surface area (Å²) in [6, 6.07) is 7.58. The Hall–Kier alpha value is -2.14. The lowest BCUT2D eigenvalue weighted by Gasteiger charge is -2.15. The number of nitrogens with zero attached hydrogens (tertiary/aromatic N) is 2. The second-order valence-electron chi connectivity index (χ2n) is 5.38. The highest BCUT2D eigenvalue weighted by atomic mass is 16.5. The third kappa shape index (κ3) is 4.43. The molecule has 0 radical (unpaired) electrons. The number of rotatable bonds is 6. The SMILES string of the molecule is CC(C)COC(C)C(=O)Nc1ccc(-n2ccnc2)cc1. The average molecular weight is 287 g/mol. The van der Waals surface area contributed by atoms with Crippen LogP contribution in [0.1, 0.15) is 20.8 Å². The van der Waals surface area contributed by atoms with Gasteiger partial charge in [-0.15, -0.1) is 0 Å². The van der Waals surface area contributed by atoms with Gasteiger partial charge in [-0.2, -0.15) is 0 Å². The van der Waals surface area contributed by atoms with Crippen molar-refractivity contribution in [3.05, 3.63) is 43.0 Å². The van der Waals surface area contributed by atoms with Crippen LogP contribution < -0.4 is 5.32 Å². The van der Waals surface area contributed by atoms with Crippen LogP contribution in [0.5, 0.6) is 0 Å². The van der Waals surface area contributed by atoms with E-state index in [1.807, 2.05) is 35.0 Å². The van der Waals surface area contributed by atoms with E-state index in [4.69, 9.17) is 4.74 Å². The number of imidazole rings is 1. The van der Waals surface area contributed by atoms with Crippen molar-refractivity contribution in [2.24, 2.45) is 5.92 Å².